The van der Waals surface area contributed by atoms with Gasteiger partial charge < -0.3 is 4.74 Å². The van der Waals surface area contributed by atoms with Crippen molar-refractivity contribution in [2.75, 3.05) is 7.11 Å². The van der Waals surface area contributed by atoms with Gasteiger partial charge in [0.25, 0.3) is 0 Å². The van der Waals surface area contributed by atoms with Crippen molar-refractivity contribution >= 4 is 11.8 Å². The summed E-state index contributed by atoms with van der Waals surface area (Å²) < 4.78 is 7.22. The van der Waals surface area contributed by atoms with Crippen molar-refractivity contribution in [3.8, 4) is 5.75 Å². The number of thioether (sulfide) groups is 1. The molecule has 6 heteroatoms. The van der Waals surface area contributed by atoms with Crippen LogP contribution in [-0.4, -0.2) is 22.1 Å². The lowest BCUT2D eigenvalue weighted by Crippen LogP contribution is -2.36. The molecule has 1 aromatic heterocycles. The van der Waals surface area contributed by atoms with Crippen molar-refractivity contribution in [2.45, 2.75) is 22.6 Å². The SMILES string of the molecule is COc1cnn(C)c1C(NN)C1Cc2ccccc2S1. The second-order valence-electron chi connectivity index (χ2n) is 4.83. The molecular weight excluding hydrogens is 272 g/mol. The van der Waals surface area contributed by atoms with E-state index < -0.39 is 0 Å². The summed E-state index contributed by atoms with van der Waals surface area (Å²) in [7, 11) is 3.57. The number of fused-ring (bicyclic) bond motifs is 1. The van der Waals surface area contributed by atoms with Crippen molar-refractivity contribution in [1.29, 1.82) is 0 Å². The Balaban J connectivity index is 1.91. The van der Waals surface area contributed by atoms with Gasteiger partial charge in [0.2, 0.25) is 0 Å². The zero-order valence-electron chi connectivity index (χ0n) is 11.5. The quantitative estimate of drug-likeness (QED) is 0.662. The topological polar surface area (TPSA) is 65.1 Å². The van der Waals surface area contributed by atoms with Crippen molar-refractivity contribution in [1.82, 2.24) is 15.2 Å². The normalized spacial score (nSPS) is 18.9. The van der Waals surface area contributed by atoms with E-state index in [1.54, 1.807) is 13.3 Å². The lowest BCUT2D eigenvalue weighted by Gasteiger charge is -2.23. The largest absolute Gasteiger partial charge is 0.493 e. The highest BCUT2D eigenvalue weighted by Gasteiger charge is 2.33. The molecule has 1 aliphatic heterocycles. The minimum absolute atomic E-state index is 0.00477. The summed E-state index contributed by atoms with van der Waals surface area (Å²) in [6.45, 7) is 0. The van der Waals surface area contributed by atoms with Gasteiger partial charge in [-0.2, -0.15) is 5.10 Å². The predicted molar refractivity (Wildman–Crippen MR) is 79.6 cm³/mol. The zero-order valence-corrected chi connectivity index (χ0v) is 12.4. The molecule has 0 saturated heterocycles. The van der Waals surface area contributed by atoms with E-state index in [0.717, 1.165) is 17.9 Å². The maximum absolute atomic E-state index is 5.81. The minimum atomic E-state index is -0.00477. The van der Waals surface area contributed by atoms with E-state index in [-0.39, 0.29) is 6.04 Å². The molecule has 0 radical (unpaired) electrons. The third-order valence-corrected chi connectivity index (χ3v) is 5.08. The van der Waals surface area contributed by atoms with Crippen molar-refractivity contribution in [2.24, 2.45) is 12.9 Å². The first kappa shape index (κ1) is 13.5. The Kier molecular flexibility index (Phi) is 3.69. The summed E-state index contributed by atoms with van der Waals surface area (Å²) in [5, 5.41) is 4.60. The van der Waals surface area contributed by atoms with Gasteiger partial charge in [0.05, 0.1) is 25.0 Å². The number of benzene rings is 1. The third-order valence-electron chi connectivity index (χ3n) is 3.69. The van der Waals surface area contributed by atoms with Crippen LogP contribution in [0.1, 0.15) is 17.3 Å². The van der Waals surface area contributed by atoms with E-state index >= 15 is 0 Å². The van der Waals surface area contributed by atoms with Gasteiger partial charge in [0, 0.05) is 17.2 Å². The zero-order chi connectivity index (χ0) is 14.1. The molecule has 0 fully saturated rings. The highest BCUT2D eigenvalue weighted by atomic mass is 32.2. The number of hydrogen-bond donors (Lipinski definition) is 2. The van der Waals surface area contributed by atoms with Crippen LogP contribution in [-0.2, 0) is 13.5 Å². The van der Waals surface area contributed by atoms with Crippen LogP contribution in [0, 0.1) is 0 Å². The van der Waals surface area contributed by atoms with Crippen LogP contribution in [0.5, 0.6) is 5.75 Å². The standard InChI is InChI=1S/C14H18N4OS/c1-18-14(10(19-2)8-16-18)13(17-15)12-7-9-5-3-4-6-11(9)20-12/h3-6,8,12-13,17H,7,15H2,1-2H3. The van der Waals surface area contributed by atoms with E-state index in [1.165, 1.54) is 10.5 Å². The lowest BCUT2D eigenvalue weighted by atomic mass is 10.0. The van der Waals surface area contributed by atoms with Gasteiger partial charge in [0.1, 0.15) is 0 Å². The summed E-state index contributed by atoms with van der Waals surface area (Å²) >= 11 is 1.86. The van der Waals surface area contributed by atoms with Crippen LogP contribution in [0.25, 0.3) is 0 Å². The molecule has 2 unspecified atom stereocenters. The number of nitrogens with zero attached hydrogens (tertiary/aromatic N) is 2. The number of hydrazine groups is 1. The average Bonchev–Trinajstić information content (AvgIpc) is 3.04. The maximum Gasteiger partial charge on any atom is 0.161 e. The summed E-state index contributed by atoms with van der Waals surface area (Å²) in [6.07, 6.45) is 2.72. The fourth-order valence-corrected chi connectivity index (χ4v) is 4.09. The molecular formula is C14H18N4OS. The molecule has 3 rings (SSSR count). The minimum Gasteiger partial charge on any atom is -0.493 e. The number of ether oxygens (including phenoxy) is 1. The Morgan fingerprint density at radius 1 is 1.50 bits per heavy atom. The van der Waals surface area contributed by atoms with Crippen LogP contribution >= 0.6 is 11.8 Å². The molecule has 0 bridgehead atoms. The van der Waals surface area contributed by atoms with Gasteiger partial charge in [0.15, 0.2) is 5.75 Å². The van der Waals surface area contributed by atoms with Gasteiger partial charge in [-0.3, -0.25) is 16.0 Å². The number of nitrogens with one attached hydrogen (secondary N) is 1. The van der Waals surface area contributed by atoms with Crippen molar-refractivity contribution in [3.05, 3.63) is 41.7 Å². The third kappa shape index (κ3) is 2.19. The molecule has 0 spiro atoms. The predicted octanol–water partition coefficient (Wildman–Crippen LogP) is 1.65. The van der Waals surface area contributed by atoms with Crippen LogP contribution in [0.15, 0.2) is 35.4 Å². The first-order valence-corrected chi connectivity index (χ1v) is 7.39. The summed E-state index contributed by atoms with van der Waals surface area (Å²) in [6, 6.07) is 8.49. The molecule has 0 aliphatic carbocycles. The first-order chi connectivity index (χ1) is 9.74. The molecule has 1 aromatic carbocycles. The second kappa shape index (κ2) is 5.47. The van der Waals surface area contributed by atoms with Crippen molar-refractivity contribution < 1.29 is 4.74 Å². The highest BCUT2D eigenvalue weighted by Crippen LogP contribution is 2.43. The molecule has 3 N–H and O–H groups in total. The Hall–Kier alpha value is -1.50. The van der Waals surface area contributed by atoms with Gasteiger partial charge in [-0.25, -0.2) is 0 Å². The van der Waals surface area contributed by atoms with Crippen molar-refractivity contribution in [3.63, 3.8) is 0 Å². The summed E-state index contributed by atoms with van der Waals surface area (Å²) in [4.78, 5) is 1.33. The van der Waals surface area contributed by atoms with Gasteiger partial charge in [-0.15, -0.1) is 11.8 Å². The Bertz CT molecular complexity index is 588. The lowest BCUT2D eigenvalue weighted by molar-refractivity contribution is 0.392. The molecule has 2 atom stereocenters. The number of methoxy groups -OCH3 is 1. The Morgan fingerprint density at radius 2 is 2.30 bits per heavy atom. The molecule has 5 nitrogen and oxygen atoms in total. The number of hydrogen-bond acceptors (Lipinski definition) is 5. The van der Waals surface area contributed by atoms with E-state index in [4.69, 9.17) is 10.6 Å². The number of aromatic nitrogens is 2. The summed E-state index contributed by atoms with van der Waals surface area (Å²) in [5.41, 5.74) is 5.30. The van der Waals surface area contributed by atoms with Crippen LogP contribution in [0.2, 0.25) is 0 Å². The van der Waals surface area contributed by atoms with Gasteiger partial charge in [-0.05, 0) is 18.1 Å². The molecule has 2 aromatic rings. The van der Waals surface area contributed by atoms with E-state index in [2.05, 4.69) is 34.8 Å². The molecule has 20 heavy (non-hydrogen) atoms. The highest BCUT2D eigenvalue weighted by molar-refractivity contribution is 8.00. The van der Waals surface area contributed by atoms with Gasteiger partial charge in [-0.1, -0.05) is 18.2 Å². The molecule has 1 aliphatic rings. The van der Waals surface area contributed by atoms with Crippen LogP contribution in [0.3, 0.4) is 0 Å². The van der Waals surface area contributed by atoms with Gasteiger partial charge >= 0.3 is 0 Å². The molecule has 106 valence electrons. The average molecular weight is 290 g/mol. The molecule has 0 saturated carbocycles. The second-order valence-corrected chi connectivity index (χ2v) is 6.12. The first-order valence-electron chi connectivity index (χ1n) is 6.51. The Morgan fingerprint density at radius 3 is 3.00 bits per heavy atom. The van der Waals surface area contributed by atoms with E-state index in [1.807, 2.05) is 23.5 Å². The fraction of sp³-hybridized carbons (Fsp3) is 0.357. The monoisotopic (exact) mass is 290 g/mol. The smallest absolute Gasteiger partial charge is 0.161 e. The van der Waals surface area contributed by atoms with Crippen LogP contribution in [0.4, 0.5) is 0 Å². The number of rotatable bonds is 4. The number of aryl methyl sites for hydroxylation is 1. The number of nitrogens with two attached hydrogens (primary N) is 1. The fourth-order valence-electron chi connectivity index (χ4n) is 2.70. The maximum atomic E-state index is 5.81. The van der Waals surface area contributed by atoms with E-state index in [0.29, 0.717) is 5.25 Å². The van der Waals surface area contributed by atoms with E-state index in [9.17, 15) is 0 Å². The molecule has 2 heterocycles. The van der Waals surface area contributed by atoms with Crippen LogP contribution < -0.4 is 16.0 Å². The molecule has 0 amide bonds. The summed E-state index contributed by atoms with van der Waals surface area (Å²) in [5.74, 6) is 6.58. The Labute approximate surface area is 122 Å².